The van der Waals surface area contributed by atoms with Crippen molar-refractivity contribution in [2.45, 2.75) is 51.6 Å². The Morgan fingerprint density at radius 2 is 1.57 bits per heavy atom. The number of hydrogen-bond acceptors (Lipinski definition) is 7. The van der Waals surface area contributed by atoms with Gasteiger partial charge in [-0.05, 0) is 62.1 Å². The lowest BCUT2D eigenvalue weighted by atomic mass is 9.88. The molecule has 3 heterocycles. The number of benzene rings is 2. The summed E-state index contributed by atoms with van der Waals surface area (Å²) in [5.41, 5.74) is 3.59. The molecule has 1 saturated heterocycles. The Kier molecular flexibility index (Phi) is 7.57. The molecule has 42 heavy (non-hydrogen) atoms. The summed E-state index contributed by atoms with van der Waals surface area (Å²) in [4.78, 5) is 35.3. The van der Waals surface area contributed by atoms with Crippen molar-refractivity contribution in [1.82, 2.24) is 14.5 Å². The minimum Gasteiger partial charge on any atom is -0.463 e. The van der Waals surface area contributed by atoms with Crippen LogP contribution in [-0.4, -0.2) is 53.2 Å². The molecule has 3 aromatic rings. The Balaban J connectivity index is 1.33. The zero-order valence-electron chi connectivity index (χ0n) is 24.1. The zero-order valence-corrected chi connectivity index (χ0v) is 24.1. The zero-order chi connectivity index (χ0) is 29.5. The van der Waals surface area contributed by atoms with Crippen LogP contribution in [0.4, 0.5) is 20.4 Å². The van der Waals surface area contributed by atoms with Crippen LogP contribution in [0.1, 0.15) is 68.3 Å². The van der Waals surface area contributed by atoms with E-state index in [1.807, 2.05) is 13.8 Å². The number of fused-ring (bicyclic) bond motifs is 1. The molecule has 3 aliphatic rings. The lowest BCUT2D eigenvalue weighted by molar-refractivity contribution is -0.138. The number of aromatic nitrogens is 2. The van der Waals surface area contributed by atoms with Crippen LogP contribution in [0.5, 0.6) is 0 Å². The highest BCUT2D eigenvalue weighted by Crippen LogP contribution is 2.45. The molecular weight excluding hydrogens is 540 g/mol. The number of carbonyl (C=O) groups excluding carboxylic acids is 1. The Morgan fingerprint density at radius 1 is 1.00 bits per heavy atom. The third kappa shape index (κ3) is 5.19. The van der Waals surface area contributed by atoms with Gasteiger partial charge in [-0.2, -0.15) is 4.98 Å². The van der Waals surface area contributed by atoms with Crippen LogP contribution in [-0.2, 0) is 9.53 Å². The summed E-state index contributed by atoms with van der Waals surface area (Å²) in [6.45, 7) is 8.28. The Hall–Kier alpha value is -4.05. The fraction of sp³-hybridized carbons (Fsp3) is 0.406. The standard InChI is InChI=1S/C32H35F2N5O3/c1-4-42-31(40)26-19(2)27-29(36-32(41)39(25-13-14-25)30(27)35-20(26)3)38-17-15-37(16-18-38)28(21-5-9-23(33)10-6-21)22-7-11-24(34)12-8-22/h5-12,19,25,28,35H,4,13-18H2,1-3H3. The number of halogens is 2. The molecule has 1 aliphatic carbocycles. The van der Waals surface area contributed by atoms with Gasteiger partial charge in [-0.3, -0.25) is 9.47 Å². The molecule has 2 aromatic carbocycles. The number of rotatable bonds is 7. The molecule has 1 N–H and O–H groups in total. The van der Waals surface area contributed by atoms with E-state index in [0.717, 1.165) is 29.5 Å². The van der Waals surface area contributed by atoms with Crippen molar-refractivity contribution >= 4 is 17.6 Å². The molecular formula is C32H35F2N5O3. The largest absolute Gasteiger partial charge is 0.463 e. The van der Waals surface area contributed by atoms with Gasteiger partial charge in [0.2, 0.25) is 0 Å². The number of allylic oxidation sites excluding steroid dienone is 1. The van der Waals surface area contributed by atoms with E-state index in [4.69, 9.17) is 4.74 Å². The van der Waals surface area contributed by atoms with Crippen LogP contribution in [0.2, 0.25) is 0 Å². The van der Waals surface area contributed by atoms with Crippen molar-refractivity contribution in [3.8, 4) is 0 Å². The normalized spacial score (nSPS) is 19.1. The van der Waals surface area contributed by atoms with Crippen molar-refractivity contribution in [2.24, 2.45) is 0 Å². The average Bonchev–Trinajstić information content (AvgIpc) is 3.80. The number of esters is 1. The summed E-state index contributed by atoms with van der Waals surface area (Å²) >= 11 is 0. The van der Waals surface area contributed by atoms with Gasteiger partial charge in [0.1, 0.15) is 23.3 Å². The molecule has 8 nitrogen and oxygen atoms in total. The predicted octanol–water partition coefficient (Wildman–Crippen LogP) is 5.13. The molecule has 1 aromatic heterocycles. The van der Waals surface area contributed by atoms with Crippen molar-refractivity contribution in [2.75, 3.05) is 43.0 Å². The highest BCUT2D eigenvalue weighted by atomic mass is 19.1. The molecule has 0 amide bonds. The van der Waals surface area contributed by atoms with Gasteiger partial charge < -0.3 is 15.0 Å². The summed E-state index contributed by atoms with van der Waals surface area (Å²) in [6, 6.07) is 12.8. The fourth-order valence-electron chi connectivity index (χ4n) is 6.32. The lowest BCUT2D eigenvalue weighted by Crippen LogP contribution is -2.49. The van der Waals surface area contributed by atoms with E-state index in [1.54, 1.807) is 35.8 Å². The van der Waals surface area contributed by atoms with Gasteiger partial charge in [-0.25, -0.2) is 18.4 Å². The maximum absolute atomic E-state index is 13.8. The second-order valence-electron chi connectivity index (χ2n) is 11.2. The Labute approximate surface area is 243 Å². The lowest BCUT2D eigenvalue weighted by Gasteiger charge is -2.41. The van der Waals surface area contributed by atoms with Gasteiger partial charge >= 0.3 is 11.7 Å². The first-order valence-electron chi connectivity index (χ1n) is 14.6. The van der Waals surface area contributed by atoms with Gasteiger partial charge in [-0.15, -0.1) is 0 Å². The molecule has 2 aliphatic heterocycles. The number of ether oxygens (including phenoxy) is 1. The molecule has 0 bridgehead atoms. The summed E-state index contributed by atoms with van der Waals surface area (Å²) in [6.07, 6.45) is 1.84. The molecule has 2 fully saturated rings. The summed E-state index contributed by atoms with van der Waals surface area (Å²) in [7, 11) is 0. The van der Waals surface area contributed by atoms with Crippen molar-refractivity contribution in [3.63, 3.8) is 0 Å². The van der Waals surface area contributed by atoms with Gasteiger partial charge in [-0.1, -0.05) is 31.2 Å². The molecule has 220 valence electrons. The van der Waals surface area contributed by atoms with E-state index in [-0.39, 0.29) is 47.9 Å². The molecule has 0 spiro atoms. The van der Waals surface area contributed by atoms with Gasteiger partial charge in [0.15, 0.2) is 0 Å². The van der Waals surface area contributed by atoms with E-state index in [1.165, 1.54) is 24.3 Å². The highest BCUT2D eigenvalue weighted by Gasteiger charge is 2.39. The third-order valence-corrected chi connectivity index (χ3v) is 8.48. The van der Waals surface area contributed by atoms with Crippen LogP contribution in [0, 0.1) is 11.6 Å². The summed E-state index contributed by atoms with van der Waals surface area (Å²) in [5, 5.41) is 3.37. The molecule has 1 unspecified atom stereocenters. The van der Waals surface area contributed by atoms with E-state index >= 15 is 0 Å². The van der Waals surface area contributed by atoms with Crippen LogP contribution >= 0.6 is 0 Å². The van der Waals surface area contributed by atoms with Gasteiger partial charge in [0.25, 0.3) is 0 Å². The van der Waals surface area contributed by atoms with Gasteiger partial charge in [0, 0.05) is 49.4 Å². The second-order valence-corrected chi connectivity index (χ2v) is 11.2. The topological polar surface area (TPSA) is 79.7 Å². The van der Waals surface area contributed by atoms with Crippen LogP contribution in [0.3, 0.4) is 0 Å². The number of nitrogens with zero attached hydrogens (tertiary/aromatic N) is 4. The van der Waals surface area contributed by atoms with Crippen molar-refractivity contribution in [3.05, 3.63) is 98.6 Å². The molecule has 10 heteroatoms. The second kappa shape index (κ2) is 11.3. The fourth-order valence-corrected chi connectivity index (χ4v) is 6.32. The summed E-state index contributed by atoms with van der Waals surface area (Å²) in [5.74, 6) is -0.0242. The number of piperazine rings is 1. The van der Waals surface area contributed by atoms with E-state index in [9.17, 15) is 18.4 Å². The van der Waals surface area contributed by atoms with E-state index < -0.39 is 0 Å². The predicted molar refractivity (Wildman–Crippen MR) is 157 cm³/mol. The maximum atomic E-state index is 13.8. The Bertz CT molecular complexity index is 1530. The molecule has 1 atom stereocenters. The van der Waals surface area contributed by atoms with Crippen LogP contribution in [0.25, 0.3) is 0 Å². The number of nitrogens with one attached hydrogen (secondary N) is 1. The van der Waals surface area contributed by atoms with Crippen molar-refractivity contribution in [1.29, 1.82) is 0 Å². The molecule has 6 rings (SSSR count). The first-order chi connectivity index (χ1) is 20.3. The minimum absolute atomic E-state index is 0.105. The van der Waals surface area contributed by atoms with Gasteiger partial charge in [0.05, 0.1) is 18.2 Å². The van der Waals surface area contributed by atoms with E-state index in [0.29, 0.717) is 49.1 Å². The smallest absolute Gasteiger partial charge is 0.351 e. The number of hydrogen-bond donors (Lipinski definition) is 1. The SMILES string of the molecule is CCOC(=O)C1=C(C)Nc2c(c(N3CCN(C(c4ccc(F)cc4)c4ccc(F)cc4)CC3)nc(=O)n2C2CC2)C1C. The summed E-state index contributed by atoms with van der Waals surface area (Å²) < 4.78 is 34.7. The quantitative estimate of drug-likeness (QED) is 0.391. The van der Waals surface area contributed by atoms with Crippen molar-refractivity contribution < 1.29 is 18.3 Å². The van der Waals surface area contributed by atoms with Crippen LogP contribution in [0.15, 0.2) is 64.6 Å². The number of carbonyl (C=O) groups is 1. The Morgan fingerprint density at radius 3 is 2.10 bits per heavy atom. The maximum Gasteiger partial charge on any atom is 0.351 e. The van der Waals surface area contributed by atoms with Crippen LogP contribution < -0.4 is 15.9 Å². The third-order valence-electron chi connectivity index (χ3n) is 8.48. The first kappa shape index (κ1) is 28.1. The first-order valence-corrected chi connectivity index (χ1v) is 14.6. The average molecular weight is 576 g/mol. The monoisotopic (exact) mass is 575 g/mol. The highest BCUT2D eigenvalue weighted by molar-refractivity contribution is 5.94. The number of anilines is 2. The minimum atomic E-state index is -0.373. The van der Waals surface area contributed by atoms with E-state index in [2.05, 4.69) is 20.1 Å². The molecule has 1 saturated carbocycles. The molecule has 0 radical (unpaired) electrons.